The molecule has 0 heterocycles. The van der Waals surface area contributed by atoms with E-state index >= 15 is 0 Å². The number of ether oxygens (including phenoxy) is 1. The molecular weight excluding hydrogens is 224 g/mol. The van der Waals surface area contributed by atoms with Crippen molar-refractivity contribution in [1.29, 1.82) is 0 Å². The first-order valence-electron chi connectivity index (χ1n) is 7.48. The second kappa shape index (κ2) is 7.46. The zero-order valence-corrected chi connectivity index (χ0v) is 12.7. The van der Waals surface area contributed by atoms with Crippen LogP contribution < -0.4 is 5.73 Å². The van der Waals surface area contributed by atoms with E-state index in [1.165, 1.54) is 25.7 Å². The Morgan fingerprint density at radius 1 is 1.44 bits per heavy atom. The maximum Gasteiger partial charge on any atom is 0.0589 e. The van der Waals surface area contributed by atoms with Crippen LogP contribution in [0.4, 0.5) is 0 Å². The molecule has 0 spiro atoms. The maximum atomic E-state index is 6.17. The number of methoxy groups -OCH3 is 1. The number of nitrogens with two attached hydrogens (primary N) is 1. The van der Waals surface area contributed by atoms with E-state index in [1.54, 1.807) is 7.11 Å². The van der Waals surface area contributed by atoms with Gasteiger partial charge in [-0.3, -0.25) is 4.90 Å². The van der Waals surface area contributed by atoms with Crippen molar-refractivity contribution < 1.29 is 4.74 Å². The molecule has 1 aliphatic rings. The molecule has 18 heavy (non-hydrogen) atoms. The summed E-state index contributed by atoms with van der Waals surface area (Å²) >= 11 is 0. The van der Waals surface area contributed by atoms with E-state index in [-0.39, 0.29) is 5.54 Å². The van der Waals surface area contributed by atoms with Gasteiger partial charge in [-0.2, -0.15) is 0 Å². The number of hydrogen-bond donors (Lipinski definition) is 1. The second-order valence-electron chi connectivity index (χ2n) is 6.46. The van der Waals surface area contributed by atoms with Gasteiger partial charge in [-0.15, -0.1) is 0 Å². The Morgan fingerprint density at radius 3 is 2.67 bits per heavy atom. The van der Waals surface area contributed by atoms with Gasteiger partial charge >= 0.3 is 0 Å². The van der Waals surface area contributed by atoms with Gasteiger partial charge in [-0.05, 0) is 24.7 Å². The Morgan fingerprint density at radius 2 is 2.17 bits per heavy atom. The summed E-state index contributed by atoms with van der Waals surface area (Å²) in [5.41, 5.74) is 6.39. The first kappa shape index (κ1) is 15.9. The van der Waals surface area contributed by atoms with E-state index in [0.29, 0.717) is 5.92 Å². The average molecular weight is 256 g/mol. The summed E-state index contributed by atoms with van der Waals surface area (Å²) in [4.78, 5) is 2.61. The quantitative estimate of drug-likeness (QED) is 0.760. The zero-order chi connectivity index (χ0) is 13.6. The minimum Gasteiger partial charge on any atom is -0.383 e. The highest BCUT2D eigenvalue weighted by atomic mass is 16.5. The fourth-order valence-electron chi connectivity index (χ4n) is 3.40. The van der Waals surface area contributed by atoms with Crippen molar-refractivity contribution >= 4 is 0 Å². The van der Waals surface area contributed by atoms with Crippen LogP contribution in [0.2, 0.25) is 0 Å². The van der Waals surface area contributed by atoms with Crippen LogP contribution in [-0.4, -0.2) is 43.8 Å². The average Bonchev–Trinajstić information content (AvgIpc) is 2.33. The molecule has 0 amide bonds. The van der Waals surface area contributed by atoms with Crippen LogP contribution in [0.25, 0.3) is 0 Å². The Labute approximate surface area is 113 Å². The molecule has 0 radical (unpaired) electrons. The van der Waals surface area contributed by atoms with E-state index in [0.717, 1.165) is 32.2 Å². The Bertz CT molecular complexity index is 233. The van der Waals surface area contributed by atoms with Gasteiger partial charge in [-0.1, -0.05) is 33.6 Å². The molecule has 1 saturated carbocycles. The minimum atomic E-state index is 0.223. The fourth-order valence-corrected chi connectivity index (χ4v) is 3.40. The van der Waals surface area contributed by atoms with E-state index in [4.69, 9.17) is 10.5 Å². The first-order chi connectivity index (χ1) is 8.54. The van der Waals surface area contributed by atoms with Crippen LogP contribution in [0.5, 0.6) is 0 Å². The van der Waals surface area contributed by atoms with Crippen molar-refractivity contribution in [2.75, 3.05) is 33.4 Å². The van der Waals surface area contributed by atoms with E-state index in [2.05, 4.69) is 25.7 Å². The van der Waals surface area contributed by atoms with Gasteiger partial charge in [0.05, 0.1) is 6.61 Å². The van der Waals surface area contributed by atoms with Crippen LogP contribution in [0.3, 0.4) is 0 Å². The van der Waals surface area contributed by atoms with E-state index < -0.39 is 0 Å². The molecule has 3 heteroatoms. The van der Waals surface area contributed by atoms with Crippen molar-refractivity contribution in [3.63, 3.8) is 0 Å². The third-order valence-electron chi connectivity index (χ3n) is 4.27. The zero-order valence-electron chi connectivity index (χ0n) is 12.7. The van der Waals surface area contributed by atoms with Gasteiger partial charge in [0.15, 0.2) is 0 Å². The SMILES string of the molecule is COCCN(CC(C)C)C1(CN)CCCC(C)C1. The Balaban J connectivity index is 2.76. The lowest BCUT2D eigenvalue weighted by Gasteiger charge is -2.48. The maximum absolute atomic E-state index is 6.17. The summed E-state index contributed by atoms with van der Waals surface area (Å²) in [7, 11) is 1.78. The number of nitrogens with zero attached hydrogens (tertiary/aromatic N) is 1. The normalized spacial score (nSPS) is 29.2. The summed E-state index contributed by atoms with van der Waals surface area (Å²) in [6.07, 6.45) is 5.19. The molecule has 0 aromatic rings. The lowest BCUT2D eigenvalue weighted by Crippen LogP contribution is -2.58. The highest BCUT2D eigenvalue weighted by Gasteiger charge is 2.38. The first-order valence-corrected chi connectivity index (χ1v) is 7.48. The number of hydrogen-bond acceptors (Lipinski definition) is 3. The summed E-state index contributed by atoms with van der Waals surface area (Å²) in [6, 6.07) is 0. The molecule has 1 rings (SSSR count). The van der Waals surface area contributed by atoms with Gasteiger partial charge < -0.3 is 10.5 Å². The molecule has 0 aromatic carbocycles. The van der Waals surface area contributed by atoms with Crippen molar-refractivity contribution in [2.45, 2.75) is 52.0 Å². The van der Waals surface area contributed by atoms with Gasteiger partial charge in [0.1, 0.15) is 0 Å². The molecule has 108 valence electrons. The summed E-state index contributed by atoms with van der Waals surface area (Å²) < 4.78 is 5.28. The van der Waals surface area contributed by atoms with Gasteiger partial charge in [0.25, 0.3) is 0 Å². The molecule has 2 atom stereocenters. The van der Waals surface area contributed by atoms with Crippen molar-refractivity contribution in [3.05, 3.63) is 0 Å². The molecule has 3 nitrogen and oxygen atoms in total. The van der Waals surface area contributed by atoms with Crippen LogP contribution >= 0.6 is 0 Å². The van der Waals surface area contributed by atoms with Crippen molar-refractivity contribution in [1.82, 2.24) is 4.90 Å². The lowest BCUT2D eigenvalue weighted by atomic mass is 9.75. The smallest absolute Gasteiger partial charge is 0.0589 e. The van der Waals surface area contributed by atoms with Crippen molar-refractivity contribution in [2.24, 2.45) is 17.6 Å². The molecule has 0 aliphatic heterocycles. The van der Waals surface area contributed by atoms with Crippen LogP contribution in [0.1, 0.15) is 46.5 Å². The highest BCUT2D eigenvalue weighted by Crippen LogP contribution is 2.36. The summed E-state index contributed by atoms with van der Waals surface area (Å²) in [6.45, 7) is 10.7. The molecular formula is C15H32N2O. The Kier molecular flexibility index (Phi) is 6.61. The standard InChI is InChI=1S/C15H32N2O/c1-13(2)11-17(8-9-18-4)15(12-16)7-5-6-14(3)10-15/h13-14H,5-12,16H2,1-4H3. The van der Waals surface area contributed by atoms with E-state index in [1.807, 2.05) is 0 Å². The van der Waals surface area contributed by atoms with Crippen LogP contribution in [0.15, 0.2) is 0 Å². The highest BCUT2D eigenvalue weighted by molar-refractivity contribution is 4.96. The van der Waals surface area contributed by atoms with E-state index in [9.17, 15) is 0 Å². The third-order valence-corrected chi connectivity index (χ3v) is 4.27. The van der Waals surface area contributed by atoms with Gasteiger partial charge in [-0.25, -0.2) is 0 Å². The predicted molar refractivity (Wildman–Crippen MR) is 77.7 cm³/mol. The monoisotopic (exact) mass is 256 g/mol. The predicted octanol–water partition coefficient (Wildman–Crippen LogP) is 2.50. The molecule has 2 unspecified atom stereocenters. The molecule has 0 aromatic heterocycles. The van der Waals surface area contributed by atoms with Crippen LogP contribution in [-0.2, 0) is 4.74 Å². The van der Waals surface area contributed by atoms with Crippen LogP contribution in [0, 0.1) is 11.8 Å². The summed E-state index contributed by atoms with van der Waals surface area (Å²) in [5.74, 6) is 1.49. The lowest BCUT2D eigenvalue weighted by molar-refractivity contribution is 0.0119. The minimum absolute atomic E-state index is 0.223. The number of rotatable bonds is 7. The molecule has 1 fully saturated rings. The molecule has 0 saturated heterocycles. The van der Waals surface area contributed by atoms with Gasteiger partial charge in [0.2, 0.25) is 0 Å². The molecule has 2 N–H and O–H groups in total. The molecule has 1 aliphatic carbocycles. The molecule has 0 bridgehead atoms. The fraction of sp³-hybridized carbons (Fsp3) is 1.00. The third kappa shape index (κ3) is 4.22. The van der Waals surface area contributed by atoms with Gasteiger partial charge in [0, 0.05) is 32.3 Å². The topological polar surface area (TPSA) is 38.5 Å². The summed E-state index contributed by atoms with van der Waals surface area (Å²) in [5, 5.41) is 0. The van der Waals surface area contributed by atoms with Crippen molar-refractivity contribution in [3.8, 4) is 0 Å². The second-order valence-corrected chi connectivity index (χ2v) is 6.46. The largest absolute Gasteiger partial charge is 0.383 e. The Hall–Kier alpha value is -0.120.